The SMILES string of the molecule is CC(C)CNCc1ccnc(OC(C)(C)C)c1. The summed E-state index contributed by atoms with van der Waals surface area (Å²) in [4.78, 5) is 4.22. The van der Waals surface area contributed by atoms with Gasteiger partial charge in [0.15, 0.2) is 0 Å². The Labute approximate surface area is 105 Å². The highest BCUT2D eigenvalue weighted by Crippen LogP contribution is 2.16. The summed E-state index contributed by atoms with van der Waals surface area (Å²) in [5.74, 6) is 1.36. The number of rotatable bonds is 5. The molecule has 96 valence electrons. The van der Waals surface area contributed by atoms with E-state index in [-0.39, 0.29) is 5.60 Å². The lowest BCUT2D eigenvalue weighted by molar-refractivity contribution is 0.124. The lowest BCUT2D eigenvalue weighted by atomic mass is 10.2. The minimum absolute atomic E-state index is 0.197. The molecule has 1 heterocycles. The van der Waals surface area contributed by atoms with E-state index in [4.69, 9.17) is 4.74 Å². The van der Waals surface area contributed by atoms with Crippen LogP contribution in [0.3, 0.4) is 0 Å². The third-order valence-electron chi connectivity index (χ3n) is 2.09. The van der Waals surface area contributed by atoms with Gasteiger partial charge in [-0.2, -0.15) is 0 Å². The van der Waals surface area contributed by atoms with Gasteiger partial charge in [-0.15, -0.1) is 0 Å². The lowest BCUT2D eigenvalue weighted by Gasteiger charge is -2.20. The molecule has 0 spiro atoms. The molecule has 0 aliphatic rings. The standard InChI is InChI=1S/C14H24N2O/c1-11(2)9-15-10-12-6-7-16-13(8-12)17-14(3,4)5/h6-8,11,15H,9-10H2,1-5H3. The molecule has 0 unspecified atom stereocenters. The molecule has 0 radical (unpaired) electrons. The first-order valence-corrected chi connectivity index (χ1v) is 6.21. The van der Waals surface area contributed by atoms with E-state index in [0.29, 0.717) is 11.8 Å². The lowest BCUT2D eigenvalue weighted by Crippen LogP contribution is -2.24. The summed E-state index contributed by atoms with van der Waals surface area (Å²) in [6, 6.07) is 4.02. The molecule has 3 heteroatoms. The number of pyridine rings is 1. The van der Waals surface area contributed by atoms with E-state index in [1.807, 2.05) is 32.9 Å². The fourth-order valence-electron chi connectivity index (χ4n) is 1.44. The summed E-state index contributed by atoms with van der Waals surface area (Å²) >= 11 is 0. The van der Waals surface area contributed by atoms with Gasteiger partial charge in [0.25, 0.3) is 0 Å². The molecule has 0 aromatic carbocycles. The van der Waals surface area contributed by atoms with Crippen molar-refractivity contribution in [2.75, 3.05) is 6.54 Å². The maximum atomic E-state index is 5.73. The predicted octanol–water partition coefficient (Wildman–Crippen LogP) is 3.00. The highest BCUT2D eigenvalue weighted by atomic mass is 16.5. The molecule has 1 aromatic heterocycles. The monoisotopic (exact) mass is 236 g/mol. The zero-order valence-electron chi connectivity index (χ0n) is 11.6. The second-order valence-electron chi connectivity index (χ2n) is 5.74. The van der Waals surface area contributed by atoms with E-state index in [1.165, 1.54) is 5.56 Å². The van der Waals surface area contributed by atoms with Gasteiger partial charge in [-0.05, 0) is 44.9 Å². The van der Waals surface area contributed by atoms with Crippen LogP contribution in [0.1, 0.15) is 40.2 Å². The van der Waals surface area contributed by atoms with Crippen LogP contribution in [-0.2, 0) is 6.54 Å². The quantitative estimate of drug-likeness (QED) is 0.853. The molecular weight excluding hydrogens is 212 g/mol. The average molecular weight is 236 g/mol. The third-order valence-corrected chi connectivity index (χ3v) is 2.09. The van der Waals surface area contributed by atoms with Crippen molar-refractivity contribution in [3.63, 3.8) is 0 Å². The number of nitrogens with one attached hydrogen (secondary N) is 1. The number of hydrogen-bond acceptors (Lipinski definition) is 3. The van der Waals surface area contributed by atoms with Gasteiger partial charge in [-0.1, -0.05) is 13.8 Å². The van der Waals surface area contributed by atoms with Crippen LogP contribution >= 0.6 is 0 Å². The molecule has 0 saturated heterocycles. The minimum atomic E-state index is -0.197. The van der Waals surface area contributed by atoms with E-state index in [9.17, 15) is 0 Å². The molecule has 0 amide bonds. The largest absolute Gasteiger partial charge is 0.472 e. The summed E-state index contributed by atoms with van der Waals surface area (Å²) in [6.07, 6.45) is 1.80. The average Bonchev–Trinajstić information content (AvgIpc) is 2.14. The smallest absolute Gasteiger partial charge is 0.214 e. The van der Waals surface area contributed by atoms with Crippen molar-refractivity contribution in [3.8, 4) is 5.88 Å². The summed E-state index contributed by atoms with van der Waals surface area (Å²) in [5.41, 5.74) is 1.01. The Morgan fingerprint density at radius 2 is 2.06 bits per heavy atom. The van der Waals surface area contributed by atoms with Crippen molar-refractivity contribution < 1.29 is 4.74 Å². The molecule has 0 atom stereocenters. The van der Waals surface area contributed by atoms with Crippen molar-refractivity contribution in [2.24, 2.45) is 5.92 Å². The van der Waals surface area contributed by atoms with Gasteiger partial charge < -0.3 is 10.1 Å². The van der Waals surface area contributed by atoms with Gasteiger partial charge >= 0.3 is 0 Å². The molecule has 0 aliphatic carbocycles. The highest BCUT2D eigenvalue weighted by molar-refractivity contribution is 5.20. The number of ether oxygens (including phenoxy) is 1. The molecule has 0 saturated carbocycles. The normalized spacial score (nSPS) is 11.9. The third kappa shape index (κ3) is 6.27. The molecule has 0 aliphatic heterocycles. The highest BCUT2D eigenvalue weighted by Gasteiger charge is 2.12. The van der Waals surface area contributed by atoms with Gasteiger partial charge in [-0.25, -0.2) is 4.98 Å². The number of aromatic nitrogens is 1. The number of hydrogen-bond donors (Lipinski definition) is 1. The fraction of sp³-hybridized carbons (Fsp3) is 0.643. The molecule has 17 heavy (non-hydrogen) atoms. The Balaban J connectivity index is 2.54. The van der Waals surface area contributed by atoms with Crippen LogP contribution in [0.25, 0.3) is 0 Å². The fourth-order valence-corrected chi connectivity index (χ4v) is 1.44. The van der Waals surface area contributed by atoms with Crippen LogP contribution in [0.5, 0.6) is 5.88 Å². The van der Waals surface area contributed by atoms with Crippen molar-refractivity contribution >= 4 is 0 Å². The Kier molecular flexibility index (Phi) is 4.94. The molecule has 1 rings (SSSR count). The molecule has 1 N–H and O–H groups in total. The van der Waals surface area contributed by atoms with Crippen LogP contribution < -0.4 is 10.1 Å². The first-order chi connectivity index (χ1) is 7.87. The minimum Gasteiger partial charge on any atom is -0.472 e. The van der Waals surface area contributed by atoms with Crippen molar-refractivity contribution in [3.05, 3.63) is 23.9 Å². The molecular formula is C14H24N2O. The van der Waals surface area contributed by atoms with Crippen molar-refractivity contribution in [2.45, 2.75) is 46.8 Å². The Bertz CT molecular complexity index is 342. The van der Waals surface area contributed by atoms with Crippen molar-refractivity contribution in [1.29, 1.82) is 0 Å². The Morgan fingerprint density at radius 3 is 2.65 bits per heavy atom. The van der Waals surface area contributed by atoms with E-state index < -0.39 is 0 Å². The van der Waals surface area contributed by atoms with Gasteiger partial charge in [0, 0.05) is 18.8 Å². The van der Waals surface area contributed by atoms with Crippen LogP contribution in [0.15, 0.2) is 18.3 Å². The summed E-state index contributed by atoms with van der Waals surface area (Å²) in [7, 11) is 0. The Morgan fingerprint density at radius 1 is 1.35 bits per heavy atom. The van der Waals surface area contributed by atoms with E-state index in [2.05, 4.69) is 24.1 Å². The summed E-state index contributed by atoms with van der Waals surface area (Å²) in [6.45, 7) is 12.4. The zero-order valence-corrected chi connectivity index (χ0v) is 11.6. The van der Waals surface area contributed by atoms with Gasteiger partial charge in [-0.3, -0.25) is 0 Å². The van der Waals surface area contributed by atoms with Crippen LogP contribution in [0, 0.1) is 5.92 Å². The van der Waals surface area contributed by atoms with Gasteiger partial charge in [0.1, 0.15) is 5.60 Å². The van der Waals surface area contributed by atoms with Gasteiger partial charge in [0.2, 0.25) is 5.88 Å². The first-order valence-electron chi connectivity index (χ1n) is 6.21. The second-order valence-corrected chi connectivity index (χ2v) is 5.74. The maximum Gasteiger partial charge on any atom is 0.214 e. The van der Waals surface area contributed by atoms with Crippen molar-refractivity contribution in [1.82, 2.24) is 10.3 Å². The molecule has 3 nitrogen and oxygen atoms in total. The molecule has 1 aromatic rings. The summed E-state index contributed by atoms with van der Waals surface area (Å²) in [5, 5.41) is 3.41. The predicted molar refractivity (Wildman–Crippen MR) is 71.2 cm³/mol. The van der Waals surface area contributed by atoms with E-state index in [0.717, 1.165) is 13.1 Å². The molecule has 0 bridgehead atoms. The summed E-state index contributed by atoms with van der Waals surface area (Å²) < 4.78 is 5.73. The van der Waals surface area contributed by atoms with Gasteiger partial charge in [0.05, 0.1) is 0 Å². The first kappa shape index (κ1) is 14.0. The van der Waals surface area contributed by atoms with E-state index >= 15 is 0 Å². The van der Waals surface area contributed by atoms with E-state index in [1.54, 1.807) is 6.20 Å². The second kappa shape index (κ2) is 6.01. The van der Waals surface area contributed by atoms with Crippen LogP contribution in [-0.4, -0.2) is 17.1 Å². The Hall–Kier alpha value is -1.09. The van der Waals surface area contributed by atoms with Crippen LogP contribution in [0.2, 0.25) is 0 Å². The maximum absolute atomic E-state index is 5.73. The number of nitrogens with zero attached hydrogens (tertiary/aromatic N) is 1. The molecule has 0 fully saturated rings. The van der Waals surface area contributed by atoms with Crippen LogP contribution in [0.4, 0.5) is 0 Å². The zero-order chi connectivity index (χ0) is 12.9. The topological polar surface area (TPSA) is 34.2 Å².